The highest BCUT2D eigenvalue weighted by Gasteiger charge is 2.12. The molecule has 4 heteroatoms. The van der Waals surface area contributed by atoms with Crippen molar-refractivity contribution in [3.8, 4) is 11.1 Å². The monoisotopic (exact) mass is 319 g/mol. The average molecular weight is 320 g/mol. The smallest absolute Gasteiger partial charge is 0.304 e. The fourth-order valence-corrected chi connectivity index (χ4v) is 2.46. The summed E-state index contributed by atoms with van der Waals surface area (Å²) in [4.78, 5) is 10.9. The molecule has 0 spiro atoms. The van der Waals surface area contributed by atoms with Gasteiger partial charge in [-0.25, -0.2) is 0 Å². The Morgan fingerprint density at radius 2 is 1.64 bits per heavy atom. The largest absolute Gasteiger partial charge is 0.481 e. The zero-order valence-electron chi connectivity index (χ0n) is 12.7. The lowest BCUT2D eigenvalue weighted by Crippen LogP contribution is -2.33. The summed E-state index contributed by atoms with van der Waals surface area (Å²) < 4.78 is 0. The molecule has 0 aliphatic carbocycles. The molecule has 0 aliphatic rings. The van der Waals surface area contributed by atoms with Gasteiger partial charge in [-0.1, -0.05) is 61.5 Å². The van der Waals surface area contributed by atoms with Crippen LogP contribution in [0.4, 0.5) is 0 Å². The Morgan fingerprint density at radius 1 is 1.05 bits per heavy atom. The molecule has 0 fully saturated rings. The molecule has 2 N–H and O–H groups in total. The number of halogens is 1. The van der Waals surface area contributed by atoms with Crippen LogP contribution in [0.15, 0.2) is 54.6 Å². The third-order valence-electron chi connectivity index (χ3n) is 3.46. The molecule has 3 nitrogen and oxygen atoms in total. The highest BCUT2D eigenvalue weighted by Crippen LogP contribution is 2.19. The van der Waals surface area contributed by atoms with E-state index < -0.39 is 5.97 Å². The lowest BCUT2D eigenvalue weighted by Gasteiger charge is -2.16. The van der Waals surface area contributed by atoms with Gasteiger partial charge >= 0.3 is 5.97 Å². The van der Waals surface area contributed by atoms with Crippen LogP contribution >= 0.6 is 12.4 Å². The van der Waals surface area contributed by atoms with Crippen molar-refractivity contribution in [1.82, 2.24) is 5.32 Å². The van der Waals surface area contributed by atoms with Gasteiger partial charge in [0.15, 0.2) is 0 Å². The Morgan fingerprint density at radius 3 is 2.18 bits per heavy atom. The summed E-state index contributed by atoms with van der Waals surface area (Å²) in [7, 11) is 0. The first-order chi connectivity index (χ1) is 10.2. The maximum Gasteiger partial charge on any atom is 0.304 e. The lowest BCUT2D eigenvalue weighted by molar-refractivity contribution is -0.137. The van der Waals surface area contributed by atoms with Crippen molar-refractivity contribution < 1.29 is 9.90 Å². The molecule has 2 rings (SSSR count). The second kappa shape index (κ2) is 9.23. The van der Waals surface area contributed by atoms with Crippen molar-refractivity contribution in [1.29, 1.82) is 0 Å². The molecule has 2 aromatic carbocycles. The molecule has 118 valence electrons. The predicted molar refractivity (Wildman–Crippen MR) is 92.5 cm³/mol. The van der Waals surface area contributed by atoms with E-state index in [-0.39, 0.29) is 24.9 Å². The molecule has 0 aliphatic heterocycles. The van der Waals surface area contributed by atoms with Gasteiger partial charge < -0.3 is 10.4 Å². The second-order valence-electron chi connectivity index (χ2n) is 5.12. The minimum Gasteiger partial charge on any atom is -0.481 e. The number of hydrogen-bond donors (Lipinski definition) is 2. The van der Waals surface area contributed by atoms with Gasteiger partial charge in [-0.3, -0.25) is 4.79 Å². The van der Waals surface area contributed by atoms with Crippen molar-refractivity contribution >= 4 is 18.4 Å². The van der Waals surface area contributed by atoms with Gasteiger partial charge in [0.2, 0.25) is 0 Å². The van der Waals surface area contributed by atoms with Crippen LogP contribution in [-0.2, 0) is 11.2 Å². The minimum atomic E-state index is -0.762. The van der Waals surface area contributed by atoms with E-state index >= 15 is 0 Å². The highest BCUT2D eigenvalue weighted by molar-refractivity contribution is 5.85. The van der Waals surface area contributed by atoms with Gasteiger partial charge in [0.25, 0.3) is 0 Å². The van der Waals surface area contributed by atoms with E-state index in [9.17, 15) is 4.79 Å². The van der Waals surface area contributed by atoms with Crippen molar-refractivity contribution in [2.24, 2.45) is 0 Å². The van der Waals surface area contributed by atoms with E-state index in [0.717, 1.165) is 18.5 Å². The molecular weight excluding hydrogens is 298 g/mol. The third kappa shape index (κ3) is 5.51. The van der Waals surface area contributed by atoms with Crippen molar-refractivity contribution in [2.45, 2.75) is 25.8 Å². The molecule has 0 bridgehead atoms. The number of carboxylic acids is 1. The van der Waals surface area contributed by atoms with E-state index in [1.54, 1.807) is 0 Å². The summed E-state index contributed by atoms with van der Waals surface area (Å²) in [6.45, 7) is 2.77. The normalized spacial score (nSPS) is 11.5. The first-order valence-corrected chi connectivity index (χ1v) is 7.28. The van der Waals surface area contributed by atoms with Gasteiger partial charge in [0, 0.05) is 6.04 Å². The zero-order chi connectivity index (χ0) is 15.1. The van der Waals surface area contributed by atoms with E-state index in [4.69, 9.17) is 5.11 Å². The minimum absolute atomic E-state index is 0. The first-order valence-electron chi connectivity index (χ1n) is 7.28. The Labute approximate surface area is 137 Å². The summed E-state index contributed by atoms with van der Waals surface area (Å²) in [5.41, 5.74) is 3.53. The van der Waals surface area contributed by atoms with Crippen LogP contribution in [0.5, 0.6) is 0 Å². The zero-order valence-corrected chi connectivity index (χ0v) is 13.5. The van der Waals surface area contributed by atoms with E-state index in [0.29, 0.717) is 0 Å². The Bertz CT molecular complexity index is 569. The quantitative estimate of drug-likeness (QED) is 0.816. The number of hydrogen-bond acceptors (Lipinski definition) is 2. The van der Waals surface area contributed by atoms with Crippen LogP contribution in [0.1, 0.15) is 18.9 Å². The molecule has 1 unspecified atom stereocenters. The number of likely N-dealkylation sites (N-methyl/N-ethyl adjacent to an activating group) is 1. The van der Waals surface area contributed by atoms with E-state index in [1.807, 2.05) is 25.1 Å². The SMILES string of the molecule is CCNC(CC(=O)O)Cc1ccc(-c2ccccc2)cc1.Cl. The van der Waals surface area contributed by atoms with Crippen LogP contribution in [0.3, 0.4) is 0 Å². The molecule has 0 amide bonds. The van der Waals surface area contributed by atoms with Gasteiger partial charge in [-0.05, 0) is 29.7 Å². The lowest BCUT2D eigenvalue weighted by atomic mass is 9.99. The van der Waals surface area contributed by atoms with Gasteiger partial charge in [-0.15, -0.1) is 12.4 Å². The molecule has 0 heterocycles. The highest BCUT2D eigenvalue weighted by atomic mass is 35.5. The topological polar surface area (TPSA) is 49.3 Å². The molecule has 0 saturated heterocycles. The Hall–Kier alpha value is -1.84. The molecule has 22 heavy (non-hydrogen) atoms. The van der Waals surface area contributed by atoms with Crippen LogP contribution in [0, 0.1) is 0 Å². The fourth-order valence-electron chi connectivity index (χ4n) is 2.46. The Kier molecular flexibility index (Phi) is 7.64. The van der Waals surface area contributed by atoms with Crippen molar-refractivity contribution in [2.75, 3.05) is 6.54 Å². The molecule has 2 aromatic rings. The number of carboxylic acid groups (broad SMARTS) is 1. The molecule has 1 atom stereocenters. The predicted octanol–water partition coefficient (Wildman–Crippen LogP) is 3.77. The van der Waals surface area contributed by atoms with Crippen molar-refractivity contribution in [3.05, 3.63) is 60.2 Å². The number of carbonyl (C=O) groups is 1. The number of benzene rings is 2. The molecule has 0 aromatic heterocycles. The van der Waals surface area contributed by atoms with Crippen LogP contribution in [0.2, 0.25) is 0 Å². The van der Waals surface area contributed by atoms with Gasteiger partial charge in [0.05, 0.1) is 6.42 Å². The summed E-state index contributed by atoms with van der Waals surface area (Å²) in [6, 6.07) is 18.5. The average Bonchev–Trinajstić information content (AvgIpc) is 2.48. The molecular formula is C18H22ClNO2. The van der Waals surface area contributed by atoms with E-state index in [1.165, 1.54) is 11.1 Å². The number of nitrogens with one attached hydrogen (secondary N) is 1. The van der Waals surface area contributed by atoms with Gasteiger partial charge in [0.1, 0.15) is 0 Å². The Balaban J connectivity index is 0.00000242. The first kappa shape index (κ1) is 18.2. The summed E-state index contributed by atoms with van der Waals surface area (Å²) in [6.07, 6.45) is 0.878. The fraction of sp³-hybridized carbons (Fsp3) is 0.278. The maximum absolute atomic E-state index is 10.9. The maximum atomic E-state index is 10.9. The number of rotatable bonds is 7. The van der Waals surface area contributed by atoms with E-state index in [2.05, 4.69) is 41.7 Å². The second-order valence-corrected chi connectivity index (χ2v) is 5.12. The molecule has 0 radical (unpaired) electrons. The third-order valence-corrected chi connectivity index (χ3v) is 3.46. The van der Waals surface area contributed by atoms with Crippen molar-refractivity contribution in [3.63, 3.8) is 0 Å². The molecule has 0 saturated carbocycles. The van der Waals surface area contributed by atoms with Gasteiger partial charge in [-0.2, -0.15) is 0 Å². The summed E-state index contributed by atoms with van der Waals surface area (Å²) in [5.74, 6) is -0.762. The standard InChI is InChI=1S/C18H21NO2.ClH/c1-2-19-17(13-18(20)21)12-14-8-10-16(11-9-14)15-6-4-3-5-7-15;/h3-11,17,19H,2,12-13H2,1H3,(H,20,21);1H. The van der Waals surface area contributed by atoms with Crippen LogP contribution < -0.4 is 5.32 Å². The number of aliphatic carboxylic acids is 1. The van der Waals surface area contributed by atoms with Crippen LogP contribution in [0.25, 0.3) is 11.1 Å². The summed E-state index contributed by atoms with van der Waals surface area (Å²) >= 11 is 0. The van der Waals surface area contributed by atoms with Crippen LogP contribution in [-0.4, -0.2) is 23.7 Å². The summed E-state index contributed by atoms with van der Waals surface area (Å²) in [5, 5.41) is 12.2.